The summed E-state index contributed by atoms with van der Waals surface area (Å²) in [6, 6.07) is 0. The quantitative estimate of drug-likeness (QED) is 0.406. The number of ether oxygens (including phenoxy) is 2. The number of esters is 1. The Balaban J connectivity index is 1.74. The van der Waals surface area contributed by atoms with Crippen molar-refractivity contribution in [3.05, 3.63) is 12.2 Å². The lowest BCUT2D eigenvalue weighted by Gasteiger charge is -2.34. The monoisotopic (exact) mass is 280 g/mol. The van der Waals surface area contributed by atoms with Gasteiger partial charge in [-0.2, -0.15) is 0 Å². The topological polar surface area (TPSA) is 35.5 Å². The summed E-state index contributed by atoms with van der Waals surface area (Å²) in [5.41, 5.74) is 0.446. The largest absolute Gasteiger partial charge is 0.460 e. The Morgan fingerprint density at radius 3 is 2.45 bits per heavy atom. The van der Waals surface area contributed by atoms with Crippen molar-refractivity contribution >= 4 is 5.97 Å². The third kappa shape index (κ3) is 3.08. The molecule has 0 aromatic carbocycles. The van der Waals surface area contributed by atoms with Gasteiger partial charge >= 0.3 is 5.97 Å². The van der Waals surface area contributed by atoms with Crippen LogP contribution in [0.4, 0.5) is 0 Å². The molecule has 2 bridgehead atoms. The van der Waals surface area contributed by atoms with Crippen molar-refractivity contribution in [2.45, 2.75) is 52.6 Å². The molecule has 0 spiro atoms. The van der Waals surface area contributed by atoms with Crippen LogP contribution in [0.15, 0.2) is 12.2 Å². The lowest BCUT2D eigenvalue weighted by molar-refractivity contribution is -0.141. The molecule has 0 aromatic rings. The zero-order valence-corrected chi connectivity index (χ0v) is 13.1. The highest BCUT2D eigenvalue weighted by Gasteiger charge is 2.51. The van der Waals surface area contributed by atoms with Crippen LogP contribution in [-0.4, -0.2) is 25.3 Å². The average molecular weight is 280 g/mol. The summed E-state index contributed by atoms with van der Waals surface area (Å²) in [5.74, 6) is 3.01. The van der Waals surface area contributed by atoms with Gasteiger partial charge in [0.1, 0.15) is 6.61 Å². The minimum atomic E-state index is -0.320. The van der Waals surface area contributed by atoms with Gasteiger partial charge in [-0.05, 0) is 43.4 Å². The first-order valence-corrected chi connectivity index (χ1v) is 8.02. The van der Waals surface area contributed by atoms with Crippen molar-refractivity contribution < 1.29 is 14.3 Å². The normalized spacial score (nSPS) is 35.2. The van der Waals surface area contributed by atoms with Gasteiger partial charge in [0.25, 0.3) is 0 Å². The number of carbonyl (C=O) groups is 1. The van der Waals surface area contributed by atoms with E-state index in [0.717, 1.165) is 23.7 Å². The van der Waals surface area contributed by atoms with E-state index in [9.17, 15) is 4.79 Å². The molecule has 0 heterocycles. The molecular weight excluding hydrogens is 252 g/mol. The van der Waals surface area contributed by atoms with Gasteiger partial charge in [0.2, 0.25) is 0 Å². The number of carbonyl (C=O) groups excluding carboxylic acids is 1. The highest BCUT2D eigenvalue weighted by molar-refractivity contribution is 5.86. The molecule has 20 heavy (non-hydrogen) atoms. The molecule has 5 atom stereocenters. The number of hydrogen-bond donors (Lipinski definition) is 0. The van der Waals surface area contributed by atoms with Crippen LogP contribution < -0.4 is 0 Å². The summed E-state index contributed by atoms with van der Waals surface area (Å²) in [6.45, 7) is 10.7. The molecule has 0 amide bonds. The zero-order chi connectivity index (χ0) is 14.7. The Hall–Kier alpha value is -0.830. The van der Waals surface area contributed by atoms with E-state index in [1.807, 2.05) is 0 Å². The molecule has 2 aliphatic rings. The molecular formula is C17H28O3. The minimum absolute atomic E-state index is 0.320. The Morgan fingerprint density at radius 1 is 1.15 bits per heavy atom. The van der Waals surface area contributed by atoms with Crippen LogP contribution in [0.5, 0.6) is 0 Å². The second kappa shape index (κ2) is 6.75. The first-order valence-electron chi connectivity index (χ1n) is 8.02. The van der Waals surface area contributed by atoms with Crippen LogP contribution in [0.25, 0.3) is 0 Å². The fourth-order valence-electron chi connectivity index (χ4n) is 4.43. The van der Waals surface area contributed by atoms with Crippen LogP contribution in [0.1, 0.15) is 46.5 Å². The summed E-state index contributed by atoms with van der Waals surface area (Å²) in [4.78, 5) is 11.3. The maximum absolute atomic E-state index is 11.3. The summed E-state index contributed by atoms with van der Waals surface area (Å²) in [6.07, 6.45) is 5.50. The molecule has 0 aliphatic heterocycles. The lowest BCUT2D eigenvalue weighted by Crippen LogP contribution is -2.33. The molecule has 0 aromatic heterocycles. The standard InChI is InChI=1S/C17H28O3/c1-5-13-12-9-15(14(13)6-2)16(10-12)19-7-8-20-17(18)11(3)4/h12-16H,3,5-10H2,1-2,4H3. The fraction of sp³-hybridized carbons (Fsp3) is 0.824. The van der Waals surface area contributed by atoms with Gasteiger partial charge < -0.3 is 9.47 Å². The maximum Gasteiger partial charge on any atom is 0.333 e. The van der Waals surface area contributed by atoms with Gasteiger partial charge in [-0.25, -0.2) is 4.79 Å². The van der Waals surface area contributed by atoms with Gasteiger partial charge in [-0.1, -0.05) is 33.3 Å². The molecule has 2 rings (SSSR count). The summed E-state index contributed by atoms with van der Waals surface area (Å²) in [7, 11) is 0. The highest BCUT2D eigenvalue weighted by Crippen LogP contribution is 2.55. The fourth-order valence-corrected chi connectivity index (χ4v) is 4.43. The second-order valence-electron chi connectivity index (χ2n) is 6.37. The van der Waals surface area contributed by atoms with Crippen LogP contribution in [-0.2, 0) is 14.3 Å². The van der Waals surface area contributed by atoms with Gasteiger partial charge in [-0.15, -0.1) is 0 Å². The van der Waals surface area contributed by atoms with E-state index < -0.39 is 0 Å². The number of hydrogen-bond acceptors (Lipinski definition) is 3. The minimum Gasteiger partial charge on any atom is -0.460 e. The van der Waals surface area contributed by atoms with E-state index in [1.54, 1.807) is 6.92 Å². The van der Waals surface area contributed by atoms with E-state index >= 15 is 0 Å². The molecule has 0 radical (unpaired) electrons. The molecule has 5 unspecified atom stereocenters. The number of fused-ring (bicyclic) bond motifs is 2. The Morgan fingerprint density at radius 2 is 1.85 bits per heavy atom. The molecule has 114 valence electrons. The van der Waals surface area contributed by atoms with Crippen LogP contribution in [0.2, 0.25) is 0 Å². The van der Waals surface area contributed by atoms with Crippen LogP contribution in [0.3, 0.4) is 0 Å². The van der Waals surface area contributed by atoms with Gasteiger partial charge in [0, 0.05) is 5.57 Å². The Kier molecular flexibility index (Phi) is 5.25. The van der Waals surface area contributed by atoms with E-state index in [2.05, 4.69) is 20.4 Å². The molecule has 0 saturated heterocycles. The summed E-state index contributed by atoms with van der Waals surface area (Å²) >= 11 is 0. The van der Waals surface area contributed by atoms with Crippen molar-refractivity contribution in [1.82, 2.24) is 0 Å². The van der Waals surface area contributed by atoms with E-state index in [4.69, 9.17) is 9.47 Å². The smallest absolute Gasteiger partial charge is 0.333 e. The second-order valence-corrected chi connectivity index (χ2v) is 6.37. The van der Waals surface area contributed by atoms with Crippen molar-refractivity contribution in [2.75, 3.05) is 13.2 Å². The predicted octanol–water partition coefficient (Wildman–Crippen LogP) is 3.58. The summed E-state index contributed by atoms with van der Waals surface area (Å²) < 4.78 is 11.1. The highest BCUT2D eigenvalue weighted by atomic mass is 16.6. The van der Waals surface area contributed by atoms with Crippen molar-refractivity contribution in [3.63, 3.8) is 0 Å². The predicted molar refractivity (Wildman–Crippen MR) is 79.3 cm³/mol. The first-order chi connectivity index (χ1) is 9.58. The Labute approximate surface area is 122 Å². The third-order valence-electron chi connectivity index (χ3n) is 5.23. The molecule has 2 fully saturated rings. The Bertz CT molecular complexity index is 363. The molecule has 0 N–H and O–H groups in total. The van der Waals surface area contributed by atoms with Gasteiger partial charge in [-0.3, -0.25) is 0 Å². The van der Waals surface area contributed by atoms with Crippen molar-refractivity contribution in [2.24, 2.45) is 23.7 Å². The maximum atomic E-state index is 11.3. The SMILES string of the molecule is C=C(C)C(=O)OCCOC1CC2CC1C(CC)C2CC. The lowest BCUT2D eigenvalue weighted by atomic mass is 9.75. The number of rotatable bonds is 7. The van der Waals surface area contributed by atoms with Crippen molar-refractivity contribution in [1.29, 1.82) is 0 Å². The van der Waals surface area contributed by atoms with Crippen molar-refractivity contribution in [3.8, 4) is 0 Å². The third-order valence-corrected chi connectivity index (χ3v) is 5.23. The van der Waals surface area contributed by atoms with E-state index in [-0.39, 0.29) is 5.97 Å². The molecule has 3 nitrogen and oxygen atoms in total. The molecule has 2 saturated carbocycles. The zero-order valence-electron chi connectivity index (χ0n) is 13.1. The molecule has 3 heteroatoms. The van der Waals surface area contributed by atoms with E-state index in [1.165, 1.54) is 25.7 Å². The summed E-state index contributed by atoms with van der Waals surface area (Å²) in [5, 5.41) is 0. The van der Waals surface area contributed by atoms with Gasteiger partial charge in [0.05, 0.1) is 12.7 Å². The molecule has 2 aliphatic carbocycles. The van der Waals surface area contributed by atoms with E-state index in [0.29, 0.717) is 24.9 Å². The van der Waals surface area contributed by atoms with Gasteiger partial charge in [0.15, 0.2) is 0 Å². The van der Waals surface area contributed by atoms with Crippen LogP contribution in [0, 0.1) is 23.7 Å². The first kappa shape index (κ1) is 15.6. The van der Waals surface area contributed by atoms with Crippen LogP contribution >= 0.6 is 0 Å². The average Bonchev–Trinajstić information content (AvgIpc) is 2.99.